The fraction of sp³-hybridized carbons (Fsp3) is 0.394. The molecular formula is C33H40N2O4S. The average Bonchev–Trinajstić information content (AvgIpc) is 3.41. The molecular weight excluding hydrogens is 520 g/mol. The number of methoxy groups -OCH3 is 1. The molecule has 6 nitrogen and oxygen atoms in total. The van der Waals surface area contributed by atoms with Crippen molar-refractivity contribution in [3.8, 4) is 0 Å². The molecule has 3 aromatic rings. The molecule has 212 valence electrons. The summed E-state index contributed by atoms with van der Waals surface area (Å²) >= 11 is 1.78. The van der Waals surface area contributed by atoms with Crippen LogP contribution in [0.1, 0.15) is 50.3 Å². The van der Waals surface area contributed by atoms with Gasteiger partial charge in [-0.15, -0.1) is 11.8 Å². The standard InChI is InChI=1S/C33H40N2O4S/c1-32(2,3)39-31(37)34-28(23-35-22-14-21-29(35)30(36)38-4)24-40-33(25-15-8-5-9-16-25,26-17-10-6-11-18-26)27-19-12-7-13-20-27/h5-13,15-20,28-29H,14,21-24H2,1-4H3,(H,34,37)/t28-,29+/m1/s1. The second-order valence-corrected chi connectivity index (χ2v) is 12.3. The number of hydrogen-bond donors (Lipinski definition) is 1. The lowest BCUT2D eigenvalue weighted by Crippen LogP contribution is -2.50. The van der Waals surface area contributed by atoms with Gasteiger partial charge in [-0.25, -0.2) is 4.79 Å². The van der Waals surface area contributed by atoms with E-state index in [2.05, 4.69) is 83.0 Å². The fourth-order valence-corrected chi connectivity index (χ4v) is 6.89. The topological polar surface area (TPSA) is 67.9 Å². The molecule has 1 aliphatic rings. The maximum atomic E-state index is 13.0. The van der Waals surface area contributed by atoms with Crippen LogP contribution in [-0.2, 0) is 19.0 Å². The van der Waals surface area contributed by atoms with Crippen LogP contribution < -0.4 is 5.32 Å². The Morgan fingerprint density at radius 3 is 1.85 bits per heavy atom. The van der Waals surface area contributed by atoms with Gasteiger partial charge in [-0.1, -0.05) is 91.0 Å². The van der Waals surface area contributed by atoms with Crippen molar-refractivity contribution in [2.24, 2.45) is 0 Å². The maximum Gasteiger partial charge on any atom is 0.407 e. The van der Waals surface area contributed by atoms with Gasteiger partial charge < -0.3 is 14.8 Å². The van der Waals surface area contributed by atoms with E-state index in [1.807, 2.05) is 39.0 Å². The number of esters is 1. The fourth-order valence-electron chi connectivity index (χ4n) is 5.34. The van der Waals surface area contributed by atoms with Crippen molar-refractivity contribution in [1.29, 1.82) is 0 Å². The molecule has 0 saturated carbocycles. The number of ether oxygens (including phenoxy) is 2. The van der Waals surface area contributed by atoms with Gasteiger partial charge >= 0.3 is 12.1 Å². The van der Waals surface area contributed by atoms with E-state index in [1.54, 1.807) is 11.8 Å². The van der Waals surface area contributed by atoms with Crippen LogP contribution in [0.2, 0.25) is 0 Å². The van der Waals surface area contributed by atoms with Gasteiger partial charge in [0.1, 0.15) is 11.6 Å². The van der Waals surface area contributed by atoms with E-state index in [1.165, 1.54) is 7.11 Å². The first-order valence-corrected chi connectivity index (χ1v) is 14.8. The van der Waals surface area contributed by atoms with Gasteiger partial charge in [0, 0.05) is 12.3 Å². The second-order valence-electron chi connectivity index (χ2n) is 11.1. The van der Waals surface area contributed by atoms with E-state index in [0.717, 1.165) is 36.1 Å². The highest BCUT2D eigenvalue weighted by Gasteiger charge is 2.39. The van der Waals surface area contributed by atoms with Crippen LogP contribution in [0.3, 0.4) is 0 Å². The SMILES string of the molecule is COC(=O)[C@@H]1CCCN1C[C@H](CSC(c1ccccc1)(c1ccccc1)c1ccccc1)NC(=O)OC(C)(C)C. The smallest absolute Gasteiger partial charge is 0.407 e. The number of benzene rings is 3. The van der Waals surface area contributed by atoms with Crippen LogP contribution in [0.25, 0.3) is 0 Å². The van der Waals surface area contributed by atoms with Crippen LogP contribution in [0.15, 0.2) is 91.0 Å². The molecule has 1 fully saturated rings. The molecule has 4 rings (SSSR count). The monoisotopic (exact) mass is 560 g/mol. The molecule has 1 amide bonds. The zero-order chi connectivity index (χ0) is 28.6. The van der Waals surface area contributed by atoms with E-state index >= 15 is 0 Å². The average molecular weight is 561 g/mol. The normalized spacial score (nSPS) is 16.8. The highest BCUT2D eigenvalue weighted by molar-refractivity contribution is 8.00. The summed E-state index contributed by atoms with van der Waals surface area (Å²) in [6.45, 7) is 6.86. The van der Waals surface area contributed by atoms with Crippen molar-refractivity contribution in [3.05, 3.63) is 108 Å². The number of thioether (sulfide) groups is 1. The van der Waals surface area contributed by atoms with Crippen LogP contribution in [0.4, 0.5) is 4.79 Å². The Morgan fingerprint density at radius 1 is 0.900 bits per heavy atom. The Labute approximate surface area is 242 Å². The first-order valence-electron chi connectivity index (χ1n) is 13.8. The third kappa shape index (κ3) is 7.26. The van der Waals surface area contributed by atoms with E-state index in [0.29, 0.717) is 12.3 Å². The Balaban J connectivity index is 1.71. The molecule has 0 spiro atoms. The quantitative estimate of drug-likeness (QED) is 0.234. The van der Waals surface area contributed by atoms with Crippen molar-refractivity contribution in [2.75, 3.05) is 26.0 Å². The molecule has 0 bridgehead atoms. The van der Waals surface area contributed by atoms with Crippen molar-refractivity contribution < 1.29 is 19.1 Å². The Bertz CT molecular complexity index is 1130. The largest absolute Gasteiger partial charge is 0.468 e. The lowest BCUT2D eigenvalue weighted by Gasteiger charge is -2.37. The number of nitrogens with one attached hydrogen (secondary N) is 1. The lowest BCUT2D eigenvalue weighted by atomic mass is 9.84. The molecule has 0 aromatic heterocycles. The number of alkyl carbamates (subject to hydrolysis) is 1. The molecule has 1 aliphatic heterocycles. The predicted molar refractivity (Wildman–Crippen MR) is 161 cm³/mol. The van der Waals surface area contributed by atoms with Gasteiger partial charge in [0.2, 0.25) is 0 Å². The van der Waals surface area contributed by atoms with Crippen molar-refractivity contribution >= 4 is 23.8 Å². The van der Waals surface area contributed by atoms with E-state index in [4.69, 9.17) is 9.47 Å². The summed E-state index contributed by atoms with van der Waals surface area (Å²) in [6, 6.07) is 30.9. The summed E-state index contributed by atoms with van der Waals surface area (Å²) < 4.78 is 10.2. The number of nitrogens with zero attached hydrogens (tertiary/aromatic N) is 1. The molecule has 1 heterocycles. The number of carbonyl (C=O) groups excluding carboxylic acids is 2. The Kier molecular flexibility index (Phi) is 9.93. The summed E-state index contributed by atoms with van der Waals surface area (Å²) in [5.41, 5.74) is 2.84. The molecule has 3 aromatic carbocycles. The molecule has 40 heavy (non-hydrogen) atoms. The zero-order valence-electron chi connectivity index (χ0n) is 23.8. The van der Waals surface area contributed by atoms with Gasteiger partial charge in [-0.3, -0.25) is 9.69 Å². The number of likely N-dealkylation sites (tertiary alicyclic amines) is 1. The highest BCUT2D eigenvalue weighted by atomic mass is 32.2. The summed E-state index contributed by atoms with van der Waals surface area (Å²) in [5.74, 6) is 0.357. The predicted octanol–water partition coefficient (Wildman–Crippen LogP) is 6.24. The molecule has 0 unspecified atom stereocenters. The van der Waals surface area contributed by atoms with Crippen LogP contribution in [0.5, 0.6) is 0 Å². The van der Waals surface area contributed by atoms with E-state index in [-0.39, 0.29) is 18.1 Å². The Hall–Kier alpha value is -3.29. The number of rotatable bonds is 10. The molecule has 0 aliphatic carbocycles. The molecule has 1 saturated heterocycles. The number of carbonyl (C=O) groups is 2. The van der Waals surface area contributed by atoms with Crippen molar-refractivity contribution in [3.63, 3.8) is 0 Å². The van der Waals surface area contributed by atoms with Gasteiger partial charge in [0.25, 0.3) is 0 Å². The minimum atomic E-state index is -0.619. The third-order valence-electron chi connectivity index (χ3n) is 7.05. The van der Waals surface area contributed by atoms with Gasteiger partial charge in [0.05, 0.1) is 17.9 Å². The molecule has 2 atom stereocenters. The van der Waals surface area contributed by atoms with Gasteiger partial charge in [-0.2, -0.15) is 0 Å². The summed E-state index contributed by atoms with van der Waals surface area (Å²) in [6.07, 6.45) is 1.20. The van der Waals surface area contributed by atoms with Crippen LogP contribution >= 0.6 is 11.8 Å². The Morgan fingerprint density at radius 2 is 1.40 bits per heavy atom. The first kappa shape index (κ1) is 29.7. The zero-order valence-corrected chi connectivity index (χ0v) is 24.7. The number of hydrogen-bond acceptors (Lipinski definition) is 6. The minimum Gasteiger partial charge on any atom is -0.468 e. The van der Waals surface area contributed by atoms with Crippen molar-refractivity contribution in [1.82, 2.24) is 10.2 Å². The second kappa shape index (κ2) is 13.4. The maximum absolute atomic E-state index is 13.0. The van der Waals surface area contributed by atoms with Crippen molar-refractivity contribution in [2.45, 2.75) is 56.0 Å². The minimum absolute atomic E-state index is 0.228. The molecule has 0 radical (unpaired) electrons. The van der Waals surface area contributed by atoms with Gasteiger partial charge in [0.15, 0.2) is 0 Å². The van der Waals surface area contributed by atoms with Crippen LogP contribution in [-0.4, -0.2) is 60.6 Å². The lowest BCUT2D eigenvalue weighted by molar-refractivity contribution is -0.145. The molecule has 7 heteroatoms. The van der Waals surface area contributed by atoms with Gasteiger partial charge in [-0.05, 0) is 56.8 Å². The summed E-state index contributed by atoms with van der Waals surface area (Å²) in [4.78, 5) is 27.6. The number of amides is 1. The summed E-state index contributed by atoms with van der Waals surface area (Å²) in [7, 11) is 1.43. The first-order chi connectivity index (χ1) is 19.2. The summed E-state index contributed by atoms with van der Waals surface area (Å²) in [5, 5.41) is 3.13. The molecule has 1 N–H and O–H groups in total. The van der Waals surface area contributed by atoms with Crippen LogP contribution in [0, 0.1) is 0 Å². The highest BCUT2D eigenvalue weighted by Crippen LogP contribution is 2.48. The third-order valence-corrected chi connectivity index (χ3v) is 8.76. The van der Waals surface area contributed by atoms with E-state index < -0.39 is 16.4 Å². The van der Waals surface area contributed by atoms with E-state index in [9.17, 15) is 9.59 Å².